The fourth-order valence-electron chi connectivity index (χ4n) is 1.36. The Morgan fingerprint density at radius 1 is 1.32 bits per heavy atom. The fraction of sp³-hybridized carbons (Fsp3) is 0.200. The van der Waals surface area contributed by atoms with Gasteiger partial charge >= 0.3 is 23.0 Å². The Balaban J connectivity index is 0.000000454. The van der Waals surface area contributed by atoms with E-state index in [0.717, 1.165) is 0 Å². The van der Waals surface area contributed by atoms with Crippen molar-refractivity contribution in [3.05, 3.63) is 66.0 Å². The van der Waals surface area contributed by atoms with Crippen molar-refractivity contribution in [2.45, 2.75) is 13.3 Å². The topological polar surface area (TPSA) is 60.4 Å². The Morgan fingerprint density at radius 2 is 1.84 bits per heavy atom. The van der Waals surface area contributed by atoms with Gasteiger partial charge in [0.15, 0.2) is 0 Å². The van der Waals surface area contributed by atoms with E-state index in [-0.39, 0.29) is 29.2 Å². The molecule has 0 fully saturated rings. The molecule has 1 atom stereocenters. The molecule has 0 bridgehead atoms. The van der Waals surface area contributed by atoms with Gasteiger partial charge in [0.25, 0.3) is 0 Å². The molecule has 1 N–H and O–H groups in total. The number of carboxylic acid groups (broad SMARTS) is 1. The van der Waals surface area contributed by atoms with E-state index < -0.39 is 11.9 Å². The van der Waals surface area contributed by atoms with Crippen LogP contribution in [0, 0.1) is 5.92 Å². The van der Waals surface area contributed by atoms with Gasteiger partial charge in [-0.1, -0.05) is 31.2 Å². The van der Waals surface area contributed by atoms with E-state index in [9.17, 15) is 9.90 Å². The Morgan fingerprint density at radius 3 is 2.21 bits per heavy atom. The molecular weight excluding hydrogens is 284 g/mol. The second-order valence-corrected chi connectivity index (χ2v) is 4.00. The van der Waals surface area contributed by atoms with Crippen LogP contribution in [-0.2, 0) is 21.9 Å². The van der Waals surface area contributed by atoms with Gasteiger partial charge in [0.2, 0.25) is 0 Å². The van der Waals surface area contributed by atoms with Crippen LogP contribution in [0.2, 0.25) is 0 Å². The number of hydrogen-bond donors (Lipinski definition) is 1. The Labute approximate surface area is 123 Å². The minimum absolute atomic E-state index is 0. The van der Waals surface area contributed by atoms with Crippen LogP contribution in [0.5, 0.6) is 0 Å². The molecule has 1 aromatic rings. The third-order valence-electron chi connectivity index (χ3n) is 2.45. The maximum absolute atomic E-state index is 11.4. The zero-order valence-electron chi connectivity index (χ0n) is 10.6. The molecule has 0 radical (unpaired) electrons. The average molecular weight is 300 g/mol. The van der Waals surface area contributed by atoms with Crippen molar-refractivity contribution in [2.24, 2.45) is 5.92 Å². The van der Waals surface area contributed by atoms with Crippen molar-refractivity contribution in [1.29, 1.82) is 0 Å². The van der Waals surface area contributed by atoms with E-state index in [4.69, 9.17) is 5.11 Å². The Hall–Kier alpha value is -1.64. The second-order valence-electron chi connectivity index (χ2n) is 4.00. The molecule has 0 saturated heterocycles. The number of carboxylic acids is 1. The zero-order chi connectivity index (χ0) is 13.4. The Bertz CT molecular complexity index is 425. The minimum Gasteiger partial charge on any atom is -0.875 e. The van der Waals surface area contributed by atoms with Gasteiger partial charge in [-0.3, -0.25) is 4.79 Å². The summed E-state index contributed by atoms with van der Waals surface area (Å²) in [5.74, 6) is -1.65. The van der Waals surface area contributed by atoms with E-state index in [1.807, 2.05) is 30.3 Å². The summed E-state index contributed by atoms with van der Waals surface area (Å²) in [7, 11) is 0. The van der Waals surface area contributed by atoms with Crippen LogP contribution in [0.25, 0.3) is 0 Å². The third kappa shape index (κ3) is 6.75. The van der Waals surface area contributed by atoms with Crippen LogP contribution in [0.4, 0.5) is 0 Å². The van der Waals surface area contributed by atoms with Gasteiger partial charge in [-0.05, 0) is 12.0 Å². The normalized spacial score (nSPS) is 13.2. The largest absolute Gasteiger partial charge is 2.00 e. The van der Waals surface area contributed by atoms with Crippen LogP contribution in [0.3, 0.4) is 0 Å². The van der Waals surface area contributed by atoms with Crippen molar-refractivity contribution in [3.63, 3.8) is 0 Å². The molecule has 0 aromatic heterocycles. The molecule has 3 nitrogen and oxygen atoms in total. The molecule has 1 aliphatic carbocycles. The molecule has 2 rings (SSSR count). The third-order valence-corrected chi connectivity index (χ3v) is 2.45. The van der Waals surface area contributed by atoms with Crippen LogP contribution in [-0.4, -0.2) is 11.1 Å². The summed E-state index contributed by atoms with van der Waals surface area (Å²) in [6.45, 7) is 1.53. The molecule has 102 valence electrons. The van der Waals surface area contributed by atoms with Gasteiger partial charge in [0.1, 0.15) is 0 Å². The molecule has 0 amide bonds. The SMILES string of the molecule is CC(CC([O-])=C1C=CC=C1)C(=O)O.[Fe+2].c1cc[cH-]c1. The van der Waals surface area contributed by atoms with Crippen molar-refractivity contribution >= 4 is 5.97 Å². The van der Waals surface area contributed by atoms with Crippen molar-refractivity contribution in [1.82, 2.24) is 0 Å². The summed E-state index contributed by atoms with van der Waals surface area (Å²) in [6, 6.07) is 10.0. The maximum Gasteiger partial charge on any atom is 2.00 e. The van der Waals surface area contributed by atoms with Crippen LogP contribution < -0.4 is 5.11 Å². The monoisotopic (exact) mass is 300 g/mol. The molecule has 0 saturated carbocycles. The van der Waals surface area contributed by atoms with Gasteiger partial charge in [0.05, 0.1) is 5.92 Å². The van der Waals surface area contributed by atoms with Crippen LogP contribution in [0.1, 0.15) is 13.3 Å². The van der Waals surface area contributed by atoms with E-state index >= 15 is 0 Å². The summed E-state index contributed by atoms with van der Waals surface area (Å²) < 4.78 is 0. The number of carbonyl (C=O) groups is 1. The standard InChI is InChI=1S/C10H12O3.C5H5.Fe/c1-7(10(12)13)6-9(11)8-4-2-3-5-8;1-2-4-5-3-1;/h2-5,7,11H,6H2,1H3,(H,12,13);1-5H;/q;-1;+2/p-1. The molecule has 4 heteroatoms. The molecule has 0 spiro atoms. The van der Waals surface area contributed by atoms with Gasteiger partial charge in [0, 0.05) is 0 Å². The zero-order valence-corrected chi connectivity index (χ0v) is 11.7. The summed E-state index contributed by atoms with van der Waals surface area (Å²) >= 11 is 0. The number of hydrogen-bond acceptors (Lipinski definition) is 2. The maximum atomic E-state index is 11.4. The van der Waals surface area contributed by atoms with Crippen LogP contribution >= 0.6 is 0 Å². The molecule has 1 aliphatic rings. The molecule has 1 aromatic carbocycles. The predicted molar refractivity (Wildman–Crippen MR) is 68.8 cm³/mol. The summed E-state index contributed by atoms with van der Waals surface area (Å²) in [5, 5.41) is 19.9. The summed E-state index contributed by atoms with van der Waals surface area (Å²) in [5.41, 5.74) is 0.591. The first kappa shape index (κ1) is 17.4. The van der Waals surface area contributed by atoms with Gasteiger partial charge < -0.3 is 10.2 Å². The van der Waals surface area contributed by atoms with Gasteiger partial charge in [-0.25, -0.2) is 12.1 Å². The summed E-state index contributed by atoms with van der Waals surface area (Å²) in [4.78, 5) is 10.5. The van der Waals surface area contributed by atoms with E-state index in [1.165, 1.54) is 6.92 Å². The molecule has 1 unspecified atom stereocenters. The van der Waals surface area contributed by atoms with Gasteiger partial charge in [-0.15, -0.1) is 5.76 Å². The smallest absolute Gasteiger partial charge is 0.875 e. The molecule has 0 heterocycles. The van der Waals surface area contributed by atoms with Crippen molar-refractivity contribution < 1.29 is 32.1 Å². The van der Waals surface area contributed by atoms with E-state index in [0.29, 0.717) is 5.57 Å². The average Bonchev–Trinajstić information content (AvgIpc) is 3.05. The first-order valence-electron chi connectivity index (χ1n) is 5.75. The van der Waals surface area contributed by atoms with Crippen LogP contribution in [0.15, 0.2) is 66.0 Å². The predicted octanol–water partition coefficient (Wildman–Crippen LogP) is 2.24. The number of aliphatic carboxylic acids is 1. The minimum atomic E-state index is -0.931. The second kappa shape index (κ2) is 9.31. The Kier molecular flexibility index (Phi) is 8.51. The first-order chi connectivity index (χ1) is 8.61. The molecule has 0 aliphatic heterocycles. The molecule has 19 heavy (non-hydrogen) atoms. The first-order valence-corrected chi connectivity index (χ1v) is 5.75. The fourth-order valence-corrected chi connectivity index (χ4v) is 1.36. The summed E-state index contributed by atoms with van der Waals surface area (Å²) in [6.07, 6.45) is 6.98. The number of rotatable bonds is 3. The van der Waals surface area contributed by atoms with Crippen molar-refractivity contribution in [3.8, 4) is 0 Å². The van der Waals surface area contributed by atoms with Gasteiger partial charge in [-0.2, -0.15) is 18.2 Å². The van der Waals surface area contributed by atoms with E-state index in [2.05, 4.69) is 0 Å². The van der Waals surface area contributed by atoms with Crippen molar-refractivity contribution in [2.75, 3.05) is 0 Å². The quantitative estimate of drug-likeness (QED) is 0.529. The number of allylic oxidation sites excluding steroid dienone is 6. The molecular formula is C15H16FeO3. The van der Waals surface area contributed by atoms with E-state index in [1.54, 1.807) is 24.3 Å².